The highest BCUT2D eigenvalue weighted by Gasteiger charge is 2.46. The molecule has 2 aromatic heterocycles. The van der Waals surface area contributed by atoms with Gasteiger partial charge in [0.1, 0.15) is 17.9 Å². The molecule has 10 nitrogen and oxygen atoms in total. The predicted octanol–water partition coefficient (Wildman–Crippen LogP) is 5.05. The maximum Gasteiger partial charge on any atom is 0.417 e. The fourth-order valence-corrected chi connectivity index (χ4v) is 5.93. The number of ether oxygens (including phenoxy) is 2. The Morgan fingerprint density at radius 1 is 1.06 bits per heavy atom. The molecule has 0 unspecified atom stereocenters. The molecule has 266 valence electrons. The van der Waals surface area contributed by atoms with Crippen molar-refractivity contribution in [1.29, 1.82) is 0 Å². The summed E-state index contributed by atoms with van der Waals surface area (Å²) in [4.78, 5) is 48.8. The van der Waals surface area contributed by atoms with Crippen molar-refractivity contribution in [3.05, 3.63) is 86.8 Å². The normalized spacial score (nSPS) is 16.0. The number of aryl methyl sites for hydroxylation is 2. The number of fused-ring (bicyclic) bond motifs is 1. The van der Waals surface area contributed by atoms with Gasteiger partial charge in [-0.25, -0.2) is 9.18 Å². The highest BCUT2D eigenvalue weighted by atomic mass is 19.4. The van der Waals surface area contributed by atoms with Crippen LogP contribution < -0.4 is 15.8 Å². The van der Waals surface area contributed by atoms with Gasteiger partial charge in [-0.2, -0.15) is 26.3 Å². The fourth-order valence-electron chi connectivity index (χ4n) is 5.93. The Kier molecular flexibility index (Phi) is 9.92. The van der Waals surface area contributed by atoms with Crippen molar-refractivity contribution >= 4 is 28.6 Å². The van der Waals surface area contributed by atoms with Crippen LogP contribution in [0.4, 0.5) is 36.4 Å². The number of morpholine rings is 1. The number of nitrogens with zero attached hydrogens (tertiary/aromatic N) is 4. The number of hydrogen-bond acceptors (Lipinski definition) is 8. The van der Waals surface area contributed by atoms with Crippen LogP contribution in [0.15, 0.2) is 47.5 Å². The first-order chi connectivity index (χ1) is 23.4. The molecule has 5 rings (SSSR count). The highest BCUT2D eigenvalue weighted by molar-refractivity contribution is 5.99. The summed E-state index contributed by atoms with van der Waals surface area (Å²) in [5.74, 6) is -3.20. The molecule has 2 atom stereocenters. The lowest BCUT2D eigenvalue weighted by molar-refractivity contribution is -0.167. The Bertz CT molecular complexity index is 2010. The van der Waals surface area contributed by atoms with Gasteiger partial charge in [-0.3, -0.25) is 19.6 Å². The van der Waals surface area contributed by atoms with Crippen molar-refractivity contribution in [3.8, 4) is 11.1 Å². The third-order valence-corrected chi connectivity index (χ3v) is 8.51. The second kappa shape index (κ2) is 13.7. The molecule has 1 N–H and O–H groups in total. The summed E-state index contributed by atoms with van der Waals surface area (Å²) in [7, 11) is 2.36. The molecule has 0 aliphatic carbocycles. The quantitative estimate of drug-likeness (QED) is 0.210. The number of esters is 1. The molecule has 1 fully saturated rings. The van der Waals surface area contributed by atoms with Gasteiger partial charge in [-0.1, -0.05) is 12.1 Å². The number of aromatic nitrogens is 3. The van der Waals surface area contributed by atoms with Gasteiger partial charge in [0.15, 0.2) is 0 Å². The fraction of sp³-hybridized carbons (Fsp3) is 0.364. The number of anilines is 1. The van der Waals surface area contributed by atoms with E-state index in [1.165, 1.54) is 51.5 Å². The van der Waals surface area contributed by atoms with E-state index in [0.29, 0.717) is 0 Å². The average molecular weight is 710 g/mol. The Morgan fingerprint density at radius 3 is 2.36 bits per heavy atom. The summed E-state index contributed by atoms with van der Waals surface area (Å²) >= 11 is 0. The predicted molar refractivity (Wildman–Crippen MR) is 166 cm³/mol. The van der Waals surface area contributed by atoms with Gasteiger partial charge in [0.05, 0.1) is 48.0 Å². The minimum atomic E-state index is -4.89. The number of benzene rings is 2. The molecular formula is C33H30F7N5O5. The molecule has 0 bridgehead atoms. The van der Waals surface area contributed by atoms with Crippen molar-refractivity contribution in [2.45, 2.75) is 44.7 Å². The van der Waals surface area contributed by atoms with Crippen molar-refractivity contribution in [3.63, 3.8) is 0 Å². The first kappa shape index (κ1) is 36.2. The topological polar surface area (TPSA) is 116 Å². The summed E-state index contributed by atoms with van der Waals surface area (Å²) in [6.07, 6.45) is -7.46. The third kappa shape index (κ3) is 6.99. The number of carbonyl (C=O) groups excluding carboxylic acids is 2. The molecule has 0 spiro atoms. The van der Waals surface area contributed by atoms with Gasteiger partial charge in [-0.15, -0.1) is 0 Å². The molecule has 3 heterocycles. The largest absolute Gasteiger partial charge is 0.467 e. The van der Waals surface area contributed by atoms with Crippen LogP contribution in [0.1, 0.15) is 32.7 Å². The van der Waals surface area contributed by atoms with Crippen molar-refractivity contribution in [1.82, 2.24) is 19.9 Å². The van der Waals surface area contributed by atoms with E-state index >= 15 is 4.39 Å². The number of amides is 1. The molecule has 17 heteroatoms. The number of methoxy groups -OCH3 is 1. The monoisotopic (exact) mass is 709 g/mol. The minimum Gasteiger partial charge on any atom is -0.467 e. The lowest BCUT2D eigenvalue weighted by Crippen LogP contribution is -2.53. The molecule has 4 aromatic rings. The maximum absolute atomic E-state index is 15.5. The molecule has 0 saturated carbocycles. The van der Waals surface area contributed by atoms with E-state index in [1.54, 1.807) is 0 Å². The highest BCUT2D eigenvalue weighted by Crippen LogP contribution is 2.38. The van der Waals surface area contributed by atoms with Gasteiger partial charge in [0.25, 0.3) is 11.5 Å². The smallest absolute Gasteiger partial charge is 0.417 e. The van der Waals surface area contributed by atoms with E-state index in [4.69, 9.17) is 9.47 Å². The van der Waals surface area contributed by atoms with Crippen LogP contribution >= 0.6 is 0 Å². The number of alkyl halides is 6. The number of halogens is 7. The van der Waals surface area contributed by atoms with Crippen LogP contribution in [-0.2, 0) is 33.9 Å². The van der Waals surface area contributed by atoms with E-state index in [2.05, 4.69) is 15.3 Å². The van der Waals surface area contributed by atoms with Crippen LogP contribution in [0.2, 0.25) is 0 Å². The maximum atomic E-state index is 15.5. The van der Waals surface area contributed by atoms with Gasteiger partial charge in [0.2, 0.25) is 0 Å². The van der Waals surface area contributed by atoms with Gasteiger partial charge < -0.3 is 24.3 Å². The van der Waals surface area contributed by atoms with Crippen molar-refractivity contribution in [2.75, 3.05) is 31.8 Å². The van der Waals surface area contributed by atoms with Gasteiger partial charge in [-0.05, 0) is 43.2 Å². The van der Waals surface area contributed by atoms with E-state index in [1.807, 2.05) is 0 Å². The number of pyridine rings is 1. The number of nitrogens with one attached hydrogen (secondary N) is 1. The summed E-state index contributed by atoms with van der Waals surface area (Å²) < 4.78 is 110. The molecule has 0 radical (unpaired) electrons. The SMILES string of the molecule is COC(=O)[C@H](Cc1ccc(-c2c(C(F)(F)F)cc(C)n(C)c2=O)c2nccnc12)NC(=O)c1c(C)cc(N2CCOC[C@@H]2C(F)(F)F)cc1F. The van der Waals surface area contributed by atoms with Gasteiger partial charge in [0, 0.05) is 49.4 Å². The third-order valence-electron chi connectivity index (χ3n) is 8.51. The Balaban J connectivity index is 1.50. The van der Waals surface area contributed by atoms with Crippen LogP contribution in [0.25, 0.3) is 22.2 Å². The van der Waals surface area contributed by atoms with Crippen molar-refractivity contribution < 1.29 is 49.8 Å². The van der Waals surface area contributed by atoms with E-state index < -0.39 is 71.0 Å². The number of hydrogen-bond donors (Lipinski definition) is 1. The Morgan fingerprint density at radius 2 is 1.74 bits per heavy atom. The zero-order chi connectivity index (χ0) is 36.7. The molecule has 50 heavy (non-hydrogen) atoms. The van der Waals surface area contributed by atoms with Crippen molar-refractivity contribution in [2.24, 2.45) is 7.05 Å². The van der Waals surface area contributed by atoms with Crippen LogP contribution in [0, 0.1) is 19.7 Å². The Hall–Kier alpha value is -5.06. The molecular weight excluding hydrogens is 679 g/mol. The van der Waals surface area contributed by atoms with E-state index in [9.17, 15) is 40.7 Å². The lowest BCUT2D eigenvalue weighted by atomic mass is 9.95. The van der Waals surface area contributed by atoms with Crippen LogP contribution in [-0.4, -0.2) is 71.5 Å². The molecule has 2 aromatic carbocycles. The van der Waals surface area contributed by atoms with Gasteiger partial charge >= 0.3 is 18.3 Å². The average Bonchev–Trinajstić information content (AvgIpc) is 3.05. The van der Waals surface area contributed by atoms with E-state index in [0.717, 1.165) is 28.7 Å². The summed E-state index contributed by atoms with van der Waals surface area (Å²) in [5, 5.41) is 2.39. The van der Waals surface area contributed by atoms with Crippen LogP contribution in [0.5, 0.6) is 0 Å². The first-order valence-electron chi connectivity index (χ1n) is 15.0. The zero-order valence-corrected chi connectivity index (χ0v) is 27.0. The molecule has 1 aliphatic rings. The Labute approximate surface area is 279 Å². The lowest BCUT2D eigenvalue weighted by Gasteiger charge is -2.38. The van der Waals surface area contributed by atoms with Crippen LogP contribution in [0.3, 0.4) is 0 Å². The number of rotatable bonds is 7. The van der Waals surface area contributed by atoms with E-state index in [-0.39, 0.29) is 58.7 Å². The zero-order valence-electron chi connectivity index (χ0n) is 27.0. The molecule has 1 amide bonds. The minimum absolute atomic E-state index is 0.0142. The number of carbonyl (C=O) groups is 2. The summed E-state index contributed by atoms with van der Waals surface area (Å²) in [6.45, 7) is 1.83. The summed E-state index contributed by atoms with van der Waals surface area (Å²) in [6, 6.07) is 1.90. The first-order valence-corrected chi connectivity index (χ1v) is 15.0. The second-order valence-corrected chi connectivity index (χ2v) is 11.7. The molecule has 1 aliphatic heterocycles. The standard InChI is InChI=1S/C33H30F7N5O5/c1-16-11-19(45-9-10-50-15-24(45)33(38,39)40)14-22(34)25(16)29(46)43-23(31(48)49-4)13-18-5-6-20(28-27(18)41-7-8-42-28)26-21(32(35,36)37)12-17(2)44(3)30(26)47/h5-8,11-12,14,23-24H,9-10,13,15H2,1-4H3,(H,43,46)/t23-,24+/m0/s1. The summed E-state index contributed by atoms with van der Waals surface area (Å²) in [5.41, 5.74) is -3.40. The second-order valence-electron chi connectivity index (χ2n) is 11.7. The molecule has 1 saturated heterocycles.